The molecule has 2 nitrogen and oxygen atoms in total. The summed E-state index contributed by atoms with van der Waals surface area (Å²) in [5.74, 6) is -0.875. The highest BCUT2D eigenvalue weighted by Crippen LogP contribution is 2.27. The quantitative estimate of drug-likeness (QED) is 0.538. The number of esters is 1. The zero-order chi connectivity index (χ0) is 9.78. The van der Waals surface area contributed by atoms with E-state index in [1.807, 2.05) is 0 Å². The molecule has 0 saturated carbocycles. The minimum absolute atomic E-state index is 0.107. The molecule has 0 aliphatic carbocycles. The summed E-state index contributed by atoms with van der Waals surface area (Å²) in [6, 6.07) is 0. The topological polar surface area (TPSA) is 26.3 Å². The Hall–Kier alpha value is -0.0900. The molecular formula is C6H8Cl2F2O2. The molecule has 0 radical (unpaired) electrons. The number of hydrogen-bond donors (Lipinski definition) is 0. The van der Waals surface area contributed by atoms with Crippen LogP contribution in [0.15, 0.2) is 0 Å². The fraction of sp³-hybridized carbons (Fsp3) is 0.833. The van der Waals surface area contributed by atoms with Crippen molar-refractivity contribution in [1.29, 1.82) is 0 Å². The summed E-state index contributed by atoms with van der Waals surface area (Å²) in [6.07, 6.45) is -0.922. The van der Waals surface area contributed by atoms with E-state index in [1.165, 1.54) is 0 Å². The summed E-state index contributed by atoms with van der Waals surface area (Å²) in [5.41, 5.74) is 0. The van der Waals surface area contributed by atoms with Gasteiger partial charge < -0.3 is 4.74 Å². The Labute approximate surface area is 78.8 Å². The first-order valence-corrected chi connectivity index (χ1v) is 4.05. The molecule has 0 aliphatic rings. The van der Waals surface area contributed by atoms with Crippen LogP contribution in [0.4, 0.5) is 8.78 Å². The molecule has 0 fully saturated rings. The number of alkyl halides is 4. The van der Waals surface area contributed by atoms with Crippen molar-refractivity contribution in [2.45, 2.75) is 24.1 Å². The maximum atomic E-state index is 12.0. The summed E-state index contributed by atoms with van der Waals surface area (Å²) >= 11 is 9.80. The van der Waals surface area contributed by atoms with Crippen molar-refractivity contribution in [3.05, 3.63) is 0 Å². The fourth-order valence-electron chi connectivity index (χ4n) is 0.519. The molecule has 0 bridgehead atoms. The molecule has 0 amide bonds. The van der Waals surface area contributed by atoms with Crippen molar-refractivity contribution in [2.24, 2.45) is 0 Å². The molecule has 0 saturated heterocycles. The SMILES string of the molecule is CCOC(=O)C(Cl)CC(F)(F)Cl. The Morgan fingerprint density at radius 3 is 2.50 bits per heavy atom. The Balaban J connectivity index is 3.87. The van der Waals surface area contributed by atoms with Gasteiger partial charge in [0.1, 0.15) is 5.38 Å². The van der Waals surface area contributed by atoms with E-state index in [-0.39, 0.29) is 6.61 Å². The van der Waals surface area contributed by atoms with Crippen LogP contribution in [-0.4, -0.2) is 23.3 Å². The summed E-state index contributed by atoms with van der Waals surface area (Å²) in [4.78, 5) is 10.7. The number of ether oxygens (including phenoxy) is 1. The molecule has 0 aliphatic heterocycles. The van der Waals surface area contributed by atoms with Gasteiger partial charge in [0, 0.05) is 0 Å². The molecular weight excluding hydrogens is 213 g/mol. The molecule has 1 unspecified atom stereocenters. The minimum Gasteiger partial charge on any atom is -0.465 e. The van der Waals surface area contributed by atoms with Gasteiger partial charge in [-0.1, -0.05) is 0 Å². The van der Waals surface area contributed by atoms with Crippen molar-refractivity contribution >= 4 is 29.2 Å². The van der Waals surface area contributed by atoms with Crippen LogP contribution in [0.5, 0.6) is 0 Å². The average Bonchev–Trinajstić information content (AvgIpc) is 1.84. The molecule has 6 heteroatoms. The summed E-state index contributed by atoms with van der Waals surface area (Å²) in [6.45, 7) is 1.66. The van der Waals surface area contributed by atoms with Gasteiger partial charge >= 0.3 is 11.4 Å². The van der Waals surface area contributed by atoms with E-state index in [4.69, 9.17) is 11.6 Å². The second-order valence-electron chi connectivity index (χ2n) is 2.04. The molecule has 0 rings (SSSR count). The van der Waals surface area contributed by atoms with Crippen LogP contribution < -0.4 is 0 Å². The molecule has 0 heterocycles. The third-order valence-electron chi connectivity index (χ3n) is 0.953. The lowest BCUT2D eigenvalue weighted by Crippen LogP contribution is -2.24. The minimum atomic E-state index is -3.46. The highest BCUT2D eigenvalue weighted by molar-refractivity contribution is 6.31. The van der Waals surface area contributed by atoms with E-state index < -0.39 is 23.1 Å². The Morgan fingerprint density at radius 1 is 1.67 bits per heavy atom. The van der Waals surface area contributed by atoms with Crippen molar-refractivity contribution < 1.29 is 18.3 Å². The van der Waals surface area contributed by atoms with Crippen LogP contribution in [0, 0.1) is 0 Å². The average molecular weight is 221 g/mol. The lowest BCUT2D eigenvalue weighted by Gasteiger charge is -2.11. The molecule has 1 atom stereocenters. The first-order chi connectivity index (χ1) is 5.37. The van der Waals surface area contributed by atoms with Crippen LogP contribution >= 0.6 is 23.2 Å². The van der Waals surface area contributed by atoms with Gasteiger partial charge in [0.25, 0.3) is 0 Å². The van der Waals surface area contributed by atoms with E-state index in [1.54, 1.807) is 6.92 Å². The number of halogens is 4. The van der Waals surface area contributed by atoms with Crippen molar-refractivity contribution in [1.82, 2.24) is 0 Å². The number of carbonyl (C=O) groups excluding carboxylic acids is 1. The molecule has 0 aromatic carbocycles. The predicted octanol–water partition coefficient (Wildman–Crippen LogP) is 2.38. The third-order valence-corrected chi connectivity index (χ3v) is 1.44. The van der Waals surface area contributed by atoms with E-state index >= 15 is 0 Å². The normalized spacial score (nSPS) is 14.1. The number of rotatable bonds is 4. The number of hydrogen-bond acceptors (Lipinski definition) is 2. The Morgan fingerprint density at radius 2 is 2.17 bits per heavy atom. The first kappa shape index (κ1) is 11.9. The molecule has 0 aromatic rings. The lowest BCUT2D eigenvalue weighted by molar-refractivity contribution is -0.143. The van der Waals surface area contributed by atoms with Gasteiger partial charge in [-0.15, -0.1) is 11.6 Å². The lowest BCUT2D eigenvalue weighted by atomic mass is 10.3. The van der Waals surface area contributed by atoms with E-state index in [0.717, 1.165) is 0 Å². The Bertz CT molecular complexity index is 158. The van der Waals surface area contributed by atoms with Gasteiger partial charge in [-0.05, 0) is 18.5 Å². The van der Waals surface area contributed by atoms with Crippen molar-refractivity contribution in [3.63, 3.8) is 0 Å². The third kappa shape index (κ3) is 5.55. The van der Waals surface area contributed by atoms with E-state index in [2.05, 4.69) is 16.3 Å². The fourth-order valence-corrected chi connectivity index (χ4v) is 1.01. The van der Waals surface area contributed by atoms with Gasteiger partial charge in [0.05, 0.1) is 13.0 Å². The first-order valence-electron chi connectivity index (χ1n) is 3.24. The van der Waals surface area contributed by atoms with Crippen LogP contribution in [0.3, 0.4) is 0 Å². The maximum absolute atomic E-state index is 12.0. The second kappa shape index (κ2) is 4.82. The van der Waals surface area contributed by atoms with Crippen LogP contribution in [0.1, 0.15) is 13.3 Å². The second-order valence-corrected chi connectivity index (χ2v) is 3.12. The van der Waals surface area contributed by atoms with Crippen LogP contribution in [0.2, 0.25) is 0 Å². The molecule has 0 spiro atoms. The highest BCUT2D eigenvalue weighted by Gasteiger charge is 2.32. The molecule has 0 aromatic heterocycles. The molecule has 0 N–H and O–H groups in total. The van der Waals surface area contributed by atoms with E-state index in [9.17, 15) is 13.6 Å². The predicted molar refractivity (Wildman–Crippen MR) is 41.7 cm³/mol. The van der Waals surface area contributed by atoms with Crippen molar-refractivity contribution in [3.8, 4) is 0 Å². The number of carbonyl (C=O) groups is 1. The van der Waals surface area contributed by atoms with Gasteiger partial charge in [-0.3, -0.25) is 4.79 Å². The van der Waals surface area contributed by atoms with Gasteiger partial charge in [-0.25, -0.2) is 0 Å². The van der Waals surface area contributed by atoms with Gasteiger partial charge in [0.15, 0.2) is 0 Å². The van der Waals surface area contributed by atoms with Gasteiger partial charge in [0.2, 0.25) is 0 Å². The zero-order valence-electron chi connectivity index (χ0n) is 6.32. The zero-order valence-corrected chi connectivity index (χ0v) is 7.83. The highest BCUT2D eigenvalue weighted by atomic mass is 35.5. The smallest absolute Gasteiger partial charge is 0.324 e. The van der Waals surface area contributed by atoms with Crippen LogP contribution in [-0.2, 0) is 9.53 Å². The van der Waals surface area contributed by atoms with Gasteiger partial charge in [-0.2, -0.15) is 8.78 Å². The summed E-state index contributed by atoms with van der Waals surface area (Å²) in [7, 11) is 0. The maximum Gasteiger partial charge on any atom is 0.324 e. The van der Waals surface area contributed by atoms with Crippen molar-refractivity contribution in [2.75, 3.05) is 6.61 Å². The summed E-state index contributed by atoms with van der Waals surface area (Å²) < 4.78 is 28.5. The molecule has 12 heavy (non-hydrogen) atoms. The van der Waals surface area contributed by atoms with E-state index in [0.29, 0.717) is 0 Å². The Kier molecular flexibility index (Phi) is 4.78. The monoisotopic (exact) mass is 220 g/mol. The summed E-state index contributed by atoms with van der Waals surface area (Å²) in [5, 5.41) is -4.85. The van der Waals surface area contributed by atoms with Crippen LogP contribution in [0.25, 0.3) is 0 Å². The molecule has 72 valence electrons. The standard InChI is InChI=1S/C6H8Cl2F2O2/c1-2-12-5(11)4(7)3-6(8,9)10/h4H,2-3H2,1H3. The largest absolute Gasteiger partial charge is 0.465 e.